The predicted molar refractivity (Wildman–Crippen MR) is 95.8 cm³/mol. The molecule has 0 saturated carbocycles. The molecule has 1 saturated heterocycles. The lowest BCUT2D eigenvalue weighted by atomic mass is 9.97. The minimum absolute atomic E-state index is 0.0922. The van der Waals surface area contributed by atoms with Gasteiger partial charge >= 0.3 is 0 Å². The van der Waals surface area contributed by atoms with Gasteiger partial charge in [0.2, 0.25) is 21.8 Å². The third-order valence-electron chi connectivity index (χ3n) is 4.26. The minimum Gasteiger partial charge on any atom is -0.383 e. The van der Waals surface area contributed by atoms with Gasteiger partial charge in [-0.05, 0) is 25.0 Å². The molecule has 1 aliphatic heterocycles. The van der Waals surface area contributed by atoms with Gasteiger partial charge in [0.25, 0.3) is 0 Å². The molecule has 144 valence electrons. The van der Waals surface area contributed by atoms with Crippen molar-refractivity contribution in [1.29, 1.82) is 0 Å². The Morgan fingerprint density at radius 3 is 2.42 bits per heavy atom. The van der Waals surface area contributed by atoms with E-state index in [4.69, 9.17) is 4.74 Å². The van der Waals surface area contributed by atoms with Crippen LogP contribution < -0.4 is 10.6 Å². The zero-order chi connectivity index (χ0) is 19.0. The van der Waals surface area contributed by atoms with E-state index in [2.05, 4.69) is 10.6 Å². The maximum absolute atomic E-state index is 12.6. The van der Waals surface area contributed by atoms with Crippen LogP contribution in [-0.4, -0.2) is 64.4 Å². The van der Waals surface area contributed by atoms with Gasteiger partial charge in [-0.15, -0.1) is 0 Å². The molecule has 1 aliphatic rings. The monoisotopic (exact) mass is 383 g/mol. The molecule has 0 radical (unpaired) electrons. The summed E-state index contributed by atoms with van der Waals surface area (Å²) in [6, 6.07) is 8.27. The van der Waals surface area contributed by atoms with Gasteiger partial charge in [-0.25, -0.2) is 8.42 Å². The first kappa shape index (κ1) is 20.3. The maximum atomic E-state index is 12.6. The fraction of sp³-hybridized carbons (Fsp3) is 0.529. The first-order valence-electron chi connectivity index (χ1n) is 8.53. The fourth-order valence-corrected chi connectivity index (χ4v) is 4.26. The van der Waals surface area contributed by atoms with E-state index in [0.29, 0.717) is 26.0 Å². The van der Waals surface area contributed by atoms with Crippen molar-refractivity contribution >= 4 is 21.8 Å². The second-order valence-electron chi connectivity index (χ2n) is 6.05. The summed E-state index contributed by atoms with van der Waals surface area (Å²) < 4.78 is 31.4. The summed E-state index contributed by atoms with van der Waals surface area (Å²) >= 11 is 0. The highest BCUT2D eigenvalue weighted by Gasteiger charge is 2.31. The molecule has 2 amide bonds. The van der Waals surface area contributed by atoms with Crippen molar-refractivity contribution < 1.29 is 22.7 Å². The third kappa shape index (κ3) is 5.52. The van der Waals surface area contributed by atoms with Gasteiger partial charge in [-0.1, -0.05) is 18.2 Å². The van der Waals surface area contributed by atoms with Gasteiger partial charge < -0.3 is 15.4 Å². The molecule has 9 heteroatoms. The number of piperidine rings is 1. The van der Waals surface area contributed by atoms with Crippen molar-refractivity contribution in [3.05, 3.63) is 30.3 Å². The van der Waals surface area contributed by atoms with Crippen LogP contribution in [-0.2, 0) is 24.3 Å². The number of carbonyl (C=O) groups is 2. The first-order chi connectivity index (χ1) is 12.4. The number of nitrogens with zero attached hydrogens (tertiary/aromatic N) is 1. The number of sulfonamides is 1. The number of ether oxygens (including phenoxy) is 1. The Kier molecular flexibility index (Phi) is 7.55. The number of carbonyl (C=O) groups excluding carboxylic acids is 2. The van der Waals surface area contributed by atoms with Crippen molar-refractivity contribution in [3.8, 4) is 0 Å². The second-order valence-corrected chi connectivity index (χ2v) is 7.99. The molecule has 1 fully saturated rings. The van der Waals surface area contributed by atoms with Crippen LogP contribution in [0.5, 0.6) is 0 Å². The summed E-state index contributed by atoms with van der Waals surface area (Å²) in [6.07, 6.45) is 0.867. The standard InChI is InChI=1S/C17H25N3O5S/c1-25-12-9-18-16(21)13-19-17(22)14-7-10-20(11-8-14)26(23,24)15-5-3-2-4-6-15/h2-6,14H,7-13H2,1H3,(H,18,21)(H,19,22). The average molecular weight is 383 g/mol. The quantitative estimate of drug-likeness (QED) is 0.613. The number of amides is 2. The van der Waals surface area contributed by atoms with Crippen LogP contribution in [0.15, 0.2) is 35.2 Å². The molecule has 2 N–H and O–H groups in total. The maximum Gasteiger partial charge on any atom is 0.243 e. The van der Waals surface area contributed by atoms with E-state index in [1.165, 1.54) is 11.4 Å². The van der Waals surface area contributed by atoms with Gasteiger partial charge in [0.1, 0.15) is 0 Å². The number of methoxy groups -OCH3 is 1. The molecular formula is C17H25N3O5S. The van der Waals surface area contributed by atoms with Crippen LogP contribution >= 0.6 is 0 Å². The minimum atomic E-state index is -3.52. The Labute approximate surface area is 153 Å². The molecule has 0 bridgehead atoms. The van der Waals surface area contributed by atoms with Crippen LogP contribution in [0, 0.1) is 5.92 Å². The van der Waals surface area contributed by atoms with Gasteiger partial charge in [-0.3, -0.25) is 9.59 Å². The summed E-state index contributed by atoms with van der Waals surface area (Å²) in [4.78, 5) is 24.0. The molecule has 0 unspecified atom stereocenters. The topological polar surface area (TPSA) is 105 Å². The lowest BCUT2D eigenvalue weighted by Gasteiger charge is -2.30. The highest BCUT2D eigenvalue weighted by Crippen LogP contribution is 2.23. The van der Waals surface area contributed by atoms with Crippen molar-refractivity contribution in [1.82, 2.24) is 14.9 Å². The average Bonchev–Trinajstić information content (AvgIpc) is 2.67. The summed E-state index contributed by atoms with van der Waals surface area (Å²) in [5, 5.41) is 5.23. The van der Waals surface area contributed by atoms with Gasteiger partial charge in [0.15, 0.2) is 0 Å². The fourth-order valence-electron chi connectivity index (χ4n) is 2.77. The zero-order valence-corrected chi connectivity index (χ0v) is 15.6. The zero-order valence-electron chi connectivity index (χ0n) is 14.8. The van der Waals surface area contributed by atoms with Gasteiger partial charge in [-0.2, -0.15) is 4.31 Å². The van der Waals surface area contributed by atoms with Crippen molar-refractivity contribution in [2.45, 2.75) is 17.7 Å². The number of hydrogen-bond acceptors (Lipinski definition) is 5. The Hall–Kier alpha value is -1.97. The van der Waals surface area contributed by atoms with Gasteiger partial charge in [0.05, 0.1) is 18.0 Å². The summed E-state index contributed by atoms with van der Waals surface area (Å²) in [5.41, 5.74) is 0. The molecule has 2 rings (SSSR count). The van der Waals surface area contributed by atoms with E-state index in [0.717, 1.165) is 0 Å². The molecule has 1 aromatic carbocycles. The van der Waals surface area contributed by atoms with Crippen LogP contribution in [0.2, 0.25) is 0 Å². The smallest absolute Gasteiger partial charge is 0.243 e. The first-order valence-corrected chi connectivity index (χ1v) is 9.97. The lowest BCUT2D eigenvalue weighted by Crippen LogP contribution is -2.45. The summed E-state index contributed by atoms with van der Waals surface area (Å²) in [6.45, 7) is 1.28. The largest absolute Gasteiger partial charge is 0.383 e. The predicted octanol–water partition coefficient (Wildman–Crippen LogP) is -0.0339. The number of hydrogen-bond donors (Lipinski definition) is 2. The van der Waals surface area contributed by atoms with E-state index in [9.17, 15) is 18.0 Å². The Bertz CT molecular complexity index is 700. The molecule has 0 aliphatic carbocycles. The van der Waals surface area contributed by atoms with Crippen LogP contribution in [0.25, 0.3) is 0 Å². The number of nitrogens with one attached hydrogen (secondary N) is 2. The Morgan fingerprint density at radius 2 is 1.81 bits per heavy atom. The molecule has 1 aromatic rings. The molecule has 0 spiro atoms. The number of benzene rings is 1. The summed E-state index contributed by atoms with van der Waals surface area (Å²) in [7, 11) is -1.98. The van der Waals surface area contributed by atoms with Crippen molar-refractivity contribution in [2.24, 2.45) is 5.92 Å². The number of rotatable bonds is 8. The van der Waals surface area contributed by atoms with Crippen molar-refractivity contribution in [3.63, 3.8) is 0 Å². The molecule has 1 heterocycles. The van der Waals surface area contributed by atoms with E-state index in [-0.39, 0.29) is 42.3 Å². The molecule has 0 aromatic heterocycles. The second kappa shape index (κ2) is 9.65. The Balaban J connectivity index is 1.79. The van der Waals surface area contributed by atoms with E-state index >= 15 is 0 Å². The van der Waals surface area contributed by atoms with Crippen molar-refractivity contribution in [2.75, 3.05) is 39.9 Å². The lowest BCUT2D eigenvalue weighted by molar-refractivity contribution is -0.129. The highest BCUT2D eigenvalue weighted by atomic mass is 32.2. The normalized spacial score (nSPS) is 16.2. The van der Waals surface area contributed by atoms with Crippen LogP contribution in [0.4, 0.5) is 0 Å². The van der Waals surface area contributed by atoms with Crippen LogP contribution in [0.3, 0.4) is 0 Å². The molecule has 26 heavy (non-hydrogen) atoms. The molecular weight excluding hydrogens is 358 g/mol. The molecule has 0 atom stereocenters. The SMILES string of the molecule is COCCNC(=O)CNC(=O)C1CCN(S(=O)(=O)c2ccccc2)CC1. The molecule has 8 nitrogen and oxygen atoms in total. The Morgan fingerprint density at radius 1 is 1.15 bits per heavy atom. The van der Waals surface area contributed by atoms with E-state index in [1.54, 1.807) is 30.3 Å². The van der Waals surface area contributed by atoms with Gasteiger partial charge in [0, 0.05) is 32.7 Å². The third-order valence-corrected chi connectivity index (χ3v) is 6.17. The van der Waals surface area contributed by atoms with E-state index < -0.39 is 10.0 Å². The van der Waals surface area contributed by atoms with E-state index in [1.807, 2.05) is 0 Å². The summed E-state index contributed by atoms with van der Waals surface area (Å²) in [5.74, 6) is -0.785. The highest BCUT2D eigenvalue weighted by molar-refractivity contribution is 7.89. The van der Waals surface area contributed by atoms with Crippen LogP contribution in [0.1, 0.15) is 12.8 Å².